The Balaban J connectivity index is 0.00000480. The van der Waals surface area contributed by atoms with Gasteiger partial charge in [-0.3, -0.25) is 4.99 Å². The number of hydrogen-bond donors (Lipinski definition) is 2. The topological polar surface area (TPSA) is 73.3 Å². The van der Waals surface area contributed by atoms with Gasteiger partial charge in [-0.05, 0) is 37.5 Å². The van der Waals surface area contributed by atoms with Gasteiger partial charge in [-0.1, -0.05) is 19.9 Å². The highest BCUT2D eigenvalue weighted by Crippen LogP contribution is 2.31. The van der Waals surface area contributed by atoms with E-state index in [4.69, 9.17) is 18.9 Å². The molecule has 1 unspecified atom stereocenters. The highest BCUT2D eigenvalue weighted by atomic mass is 127. The van der Waals surface area contributed by atoms with Gasteiger partial charge in [-0.25, -0.2) is 0 Å². The van der Waals surface area contributed by atoms with Crippen LogP contribution in [0.25, 0.3) is 0 Å². The first-order valence-corrected chi connectivity index (χ1v) is 11.1. The lowest BCUT2D eigenvalue weighted by Crippen LogP contribution is -2.51. The van der Waals surface area contributed by atoms with Crippen LogP contribution < -0.4 is 20.1 Å². The number of guanidine groups is 1. The van der Waals surface area contributed by atoms with Crippen molar-refractivity contribution in [1.29, 1.82) is 0 Å². The summed E-state index contributed by atoms with van der Waals surface area (Å²) in [6.45, 7) is 9.79. The Morgan fingerprint density at radius 2 is 1.77 bits per heavy atom. The van der Waals surface area contributed by atoms with E-state index in [1.165, 1.54) is 0 Å². The Morgan fingerprint density at radius 1 is 1.13 bits per heavy atom. The first kappa shape index (κ1) is 27.8. The monoisotopic (exact) mass is 549 g/mol. The van der Waals surface area contributed by atoms with E-state index in [9.17, 15) is 0 Å². The second-order valence-corrected chi connectivity index (χ2v) is 7.69. The van der Waals surface area contributed by atoms with Gasteiger partial charge in [0.1, 0.15) is 0 Å². The molecule has 1 saturated heterocycles. The van der Waals surface area contributed by atoms with Crippen LogP contribution in [0, 0.1) is 0 Å². The number of halogens is 1. The second-order valence-electron chi connectivity index (χ2n) is 7.69. The van der Waals surface area contributed by atoms with Crippen molar-refractivity contribution in [2.45, 2.75) is 58.1 Å². The summed E-state index contributed by atoms with van der Waals surface area (Å²) in [5.74, 6) is 2.33. The van der Waals surface area contributed by atoms with Gasteiger partial charge in [0.25, 0.3) is 0 Å². The quantitative estimate of drug-likeness (QED) is 0.244. The summed E-state index contributed by atoms with van der Waals surface area (Å²) >= 11 is 0. The zero-order valence-corrected chi connectivity index (χ0v) is 22.0. The molecule has 7 nitrogen and oxygen atoms in total. The Morgan fingerprint density at radius 3 is 2.35 bits per heavy atom. The second kappa shape index (κ2) is 14.7. The molecule has 1 aliphatic rings. The normalized spacial score (nSPS) is 16.7. The van der Waals surface area contributed by atoms with Crippen molar-refractivity contribution >= 4 is 29.9 Å². The van der Waals surface area contributed by atoms with Gasteiger partial charge in [-0.15, -0.1) is 24.0 Å². The molecule has 0 radical (unpaired) electrons. The van der Waals surface area contributed by atoms with Crippen molar-refractivity contribution in [2.24, 2.45) is 4.99 Å². The third-order valence-corrected chi connectivity index (χ3v) is 5.38. The minimum atomic E-state index is -0.210. The molecule has 2 rings (SSSR count). The van der Waals surface area contributed by atoms with Gasteiger partial charge in [0.15, 0.2) is 17.5 Å². The molecule has 1 aliphatic heterocycles. The maximum absolute atomic E-state index is 5.93. The Labute approximate surface area is 204 Å². The largest absolute Gasteiger partial charge is 0.490 e. The maximum atomic E-state index is 5.93. The highest BCUT2D eigenvalue weighted by molar-refractivity contribution is 14.0. The van der Waals surface area contributed by atoms with E-state index >= 15 is 0 Å². The molecule has 1 aromatic rings. The first-order chi connectivity index (χ1) is 14.6. The fraction of sp³-hybridized carbons (Fsp3) is 0.696. The van der Waals surface area contributed by atoms with E-state index in [-0.39, 0.29) is 35.6 Å². The first-order valence-electron chi connectivity index (χ1n) is 11.1. The zero-order valence-electron chi connectivity index (χ0n) is 19.7. The standard InChI is InChI=1S/C23H39N3O4.HI/c1-6-12-29-20-9-8-19(16-21(20)30-13-7-2)18(3)26-22(24-4)25-17-23(27-5)10-14-28-15-11-23;/h8-9,16,18H,6-7,10-15,17H2,1-5H3,(H2,24,25,26);1H. The summed E-state index contributed by atoms with van der Waals surface area (Å²) in [6, 6.07) is 6.17. The minimum absolute atomic E-state index is 0. The molecule has 0 saturated carbocycles. The number of methoxy groups -OCH3 is 1. The number of benzene rings is 1. The summed E-state index contributed by atoms with van der Waals surface area (Å²) < 4.78 is 23.1. The maximum Gasteiger partial charge on any atom is 0.191 e. The molecule has 0 aliphatic carbocycles. The molecule has 1 fully saturated rings. The lowest BCUT2D eigenvalue weighted by Gasteiger charge is -2.36. The Bertz CT molecular complexity index is 666. The van der Waals surface area contributed by atoms with Crippen LogP contribution in [0.3, 0.4) is 0 Å². The Hall–Kier alpha value is -1.26. The predicted octanol–water partition coefficient (Wildman–Crippen LogP) is 4.30. The molecule has 0 amide bonds. The molecule has 1 aromatic carbocycles. The predicted molar refractivity (Wildman–Crippen MR) is 136 cm³/mol. The molecule has 1 heterocycles. The fourth-order valence-electron chi connectivity index (χ4n) is 3.37. The van der Waals surface area contributed by atoms with Crippen LogP contribution in [-0.4, -0.2) is 58.7 Å². The van der Waals surface area contributed by atoms with Crippen molar-refractivity contribution < 1.29 is 18.9 Å². The molecule has 31 heavy (non-hydrogen) atoms. The third kappa shape index (κ3) is 8.65. The van der Waals surface area contributed by atoms with E-state index < -0.39 is 0 Å². The summed E-state index contributed by atoms with van der Waals surface area (Å²) in [5.41, 5.74) is 0.902. The molecule has 178 valence electrons. The van der Waals surface area contributed by atoms with Crippen LogP contribution in [0.15, 0.2) is 23.2 Å². The number of nitrogens with zero attached hydrogens (tertiary/aromatic N) is 1. The van der Waals surface area contributed by atoms with Crippen molar-refractivity contribution in [1.82, 2.24) is 10.6 Å². The molecule has 0 bridgehead atoms. The lowest BCUT2D eigenvalue weighted by atomic mass is 9.94. The molecular weight excluding hydrogens is 509 g/mol. The summed E-state index contributed by atoms with van der Waals surface area (Å²) in [7, 11) is 3.55. The number of ether oxygens (including phenoxy) is 4. The number of rotatable bonds is 11. The summed E-state index contributed by atoms with van der Waals surface area (Å²) in [6.07, 6.45) is 3.67. The van der Waals surface area contributed by atoms with E-state index in [1.807, 2.05) is 6.07 Å². The number of hydrogen-bond acceptors (Lipinski definition) is 5. The average Bonchev–Trinajstić information content (AvgIpc) is 2.79. The molecular formula is C23H40IN3O4. The average molecular weight is 549 g/mol. The molecule has 1 atom stereocenters. The van der Waals surface area contributed by atoms with Crippen LogP contribution in [0.2, 0.25) is 0 Å². The summed E-state index contributed by atoms with van der Waals surface area (Å²) in [5, 5.41) is 6.89. The van der Waals surface area contributed by atoms with Crippen LogP contribution in [0.1, 0.15) is 58.1 Å². The van der Waals surface area contributed by atoms with Gasteiger partial charge in [-0.2, -0.15) is 0 Å². The van der Waals surface area contributed by atoms with Crippen LogP contribution in [0.4, 0.5) is 0 Å². The van der Waals surface area contributed by atoms with Crippen molar-refractivity contribution in [3.8, 4) is 11.5 Å². The van der Waals surface area contributed by atoms with Gasteiger partial charge in [0, 0.05) is 46.8 Å². The van der Waals surface area contributed by atoms with Gasteiger partial charge >= 0.3 is 0 Å². The zero-order chi connectivity index (χ0) is 21.8. The number of nitrogens with one attached hydrogen (secondary N) is 2. The van der Waals surface area contributed by atoms with Crippen LogP contribution in [-0.2, 0) is 9.47 Å². The highest BCUT2D eigenvalue weighted by Gasteiger charge is 2.32. The molecule has 0 aromatic heterocycles. The number of aliphatic imine (C=N–C) groups is 1. The smallest absolute Gasteiger partial charge is 0.191 e. The van der Waals surface area contributed by atoms with Gasteiger partial charge < -0.3 is 29.6 Å². The van der Waals surface area contributed by atoms with Crippen molar-refractivity contribution in [2.75, 3.05) is 47.1 Å². The van der Waals surface area contributed by atoms with E-state index in [1.54, 1.807) is 14.2 Å². The molecule has 8 heteroatoms. The van der Waals surface area contributed by atoms with E-state index in [0.717, 1.165) is 61.9 Å². The lowest BCUT2D eigenvalue weighted by molar-refractivity contribution is -0.0855. The molecule has 0 spiro atoms. The van der Waals surface area contributed by atoms with E-state index in [2.05, 4.69) is 48.5 Å². The SMILES string of the molecule is CCCOc1ccc(C(C)NC(=NC)NCC2(OC)CCOCC2)cc1OCCC.I. The Kier molecular flexibility index (Phi) is 13.2. The molecule has 2 N–H and O–H groups in total. The van der Waals surface area contributed by atoms with Crippen molar-refractivity contribution in [3.63, 3.8) is 0 Å². The summed E-state index contributed by atoms with van der Waals surface area (Å²) in [4.78, 5) is 4.39. The van der Waals surface area contributed by atoms with Crippen molar-refractivity contribution in [3.05, 3.63) is 23.8 Å². The third-order valence-electron chi connectivity index (χ3n) is 5.38. The van der Waals surface area contributed by atoms with E-state index in [0.29, 0.717) is 19.8 Å². The fourth-order valence-corrected chi connectivity index (χ4v) is 3.37. The van der Waals surface area contributed by atoms with Crippen LogP contribution in [0.5, 0.6) is 11.5 Å². The van der Waals surface area contributed by atoms with Gasteiger partial charge in [0.05, 0.1) is 24.9 Å². The van der Waals surface area contributed by atoms with Gasteiger partial charge in [0.2, 0.25) is 0 Å². The minimum Gasteiger partial charge on any atom is -0.490 e. The van der Waals surface area contributed by atoms with Crippen LogP contribution >= 0.6 is 24.0 Å².